The van der Waals surface area contributed by atoms with Crippen LogP contribution in [0.3, 0.4) is 0 Å². The van der Waals surface area contributed by atoms with Gasteiger partial charge in [0.05, 0.1) is 0 Å². The number of urea groups is 1. The number of nitrogens with zero attached hydrogens (tertiary/aromatic N) is 1. The van der Waals surface area contributed by atoms with E-state index in [4.69, 9.17) is 0 Å². The summed E-state index contributed by atoms with van der Waals surface area (Å²) < 4.78 is 40.0. The number of hydrogen-bond acceptors (Lipinski definition) is 3. The summed E-state index contributed by atoms with van der Waals surface area (Å²) in [5.41, 5.74) is 0.347. The van der Waals surface area contributed by atoms with Crippen molar-refractivity contribution in [1.82, 2.24) is 10.2 Å². The summed E-state index contributed by atoms with van der Waals surface area (Å²) >= 11 is 0. The van der Waals surface area contributed by atoms with E-state index in [0.29, 0.717) is 25.3 Å². The van der Waals surface area contributed by atoms with Crippen LogP contribution in [0.15, 0.2) is 24.3 Å². The maximum atomic E-state index is 12.1. The Morgan fingerprint density at radius 3 is 2.50 bits per heavy atom. The third kappa shape index (κ3) is 6.12. The number of nitrogens with one attached hydrogen (secondary N) is 2. The van der Waals surface area contributed by atoms with Gasteiger partial charge in [-0.1, -0.05) is 13.8 Å². The molecule has 2 rings (SSSR count). The first-order chi connectivity index (χ1) is 12.1. The lowest BCUT2D eigenvalue weighted by Gasteiger charge is -2.19. The highest BCUT2D eigenvalue weighted by Crippen LogP contribution is 2.24. The molecule has 26 heavy (non-hydrogen) atoms. The zero-order chi connectivity index (χ0) is 19.3. The molecule has 1 aliphatic rings. The Kier molecular flexibility index (Phi) is 6.33. The lowest BCUT2D eigenvalue weighted by Crippen LogP contribution is -2.36. The number of halogens is 3. The van der Waals surface area contributed by atoms with Crippen LogP contribution in [0.2, 0.25) is 0 Å². The van der Waals surface area contributed by atoms with Crippen molar-refractivity contribution in [2.75, 3.05) is 25.0 Å². The number of amides is 3. The summed E-state index contributed by atoms with van der Waals surface area (Å²) in [6.45, 7) is 5.42. The Balaban J connectivity index is 1.75. The topological polar surface area (TPSA) is 70.7 Å². The van der Waals surface area contributed by atoms with Crippen molar-refractivity contribution in [2.45, 2.75) is 26.6 Å². The molecule has 1 aliphatic heterocycles. The van der Waals surface area contributed by atoms with E-state index in [0.717, 1.165) is 18.6 Å². The lowest BCUT2D eigenvalue weighted by molar-refractivity contribution is -0.274. The van der Waals surface area contributed by atoms with Gasteiger partial charge in [-0.3, -0.25) is 4.79 Å². The Bertz CT molecular complexity index is 632. The molecular formula is C17H22F3N3O3. The second-order valence-corrected chi connectivity index (χ2v) is 6.50. The molecule has 1 unspecified atom stereocenters. The molecule has 1 aromatic rings. The van der Waals surface area contributed by atoms with Crippen LogP contribution in [-0.4, -0.2) is 42.8 Å². The zero-order valence-corrected chi connectivity index (χ0v) is 14.6. The summed E-state index contributed by atoms with van der Waals surface area (Å²) in [6.07, 6.45) is -3.93. The molecule has 1 fully saturated rings. The van der Waals surface area contributed by atoms with Gasteiger partial charge in [0.15, 0.2) is 0 Å². The van der Waals surface area contributed by atoms with Gasteiger partial charge >= 0.3 is 12.4 Å². The van der Waals surface area contributed by atoms with Crippen LogP contribution in [0, 0.1) is 11.8 Å². The maximum absolute atomic E-state index is 12.1. The maximum Gasteiger partial charge on any atom is 0.573 e. The van der Waals surface area contributed by atoms with E-state index >= 15 is 0 Å². The van der Waals surface area contributed by atoms with Crippen LogP contribution in [0.1, 0.15) is 20.3 Å². The fourth-order valence-corrected chi connectivity index (χ4v) is 2.72. The number of benzene rings is 1. The first kappa shape index (κ1) is 19.9. The zero-order valence-electron chi connectivity index (χ0n) is 14.6. The highest BCUT2D eigenvalue weighted by molar-refractivity contribution is 5.89. The molecule has 2 N–H and O–H groups in total. The number of carbonyl (C=O) groups is 2. The average molecular weight is 373 g/mol. The van der Waals surface area contributed by atoms with Crippen LogP contribution < -0.4 is 15.4 Å². The first-order valence-electron chi connectivity index (χ1n) is 8.33. The van der Waals surface area contributed by atoms with E-state index < -0.39 is 12.4 Å². The third-order valence-corrected chi connectivity index (χ3v) is 3.99. The van der Waals surface area contributed by atoms with Crippen molar-refractivity contribution in [1.29, 1.82) is 0 Å². The molecule has 0 bridgehead atoms. The largest absolute Gasteiger partial charge is 0.573 e. The minimum Gasteiger partial charge on any atom is -0.406 e. The summed E-state index contributed by atoms with van der Waals surface area (Å²) in [6, 6.07) is 4.42. The highest BCUT2D eigenvalue weighted by Gasteiger charge is 2.31. The number of rotatable bonds is 5. The van der Waals surface area contributed by atoms with Crippen molar-refractivity contribution < 1.29 is 27.5 Å². The predicted molar refractivity (Wildman–Crippen MR) is 89.7 cm³/mol. The Morgan fingerprint density at radius 1 is 1.27 bits per heavy atom. The molecular weight excluding hydrogens is 351 g/mol. The highest BCUT2D eigenvalue weighted by atomic mass is 19.4. The Morgan fingerprint density at radius 2 is 1.92 bits per heavy atom. The van der Waals surface area contributed by atoms with Crippen LogP contribution >= 0.6 is 0 Å². The quantitative estimate of drug-likeness (QED) is 0.833. The molecule has 0 aromatic heterocycles. The SMILES string of the molecule is CC(C)C(=O)N1CCC(CNC(=O)Nc2ccc(OC(F)(F)F)cc2)C1. The Hall–Kier alpha value is -2.45. The molecule has 3 amide bonds. The number of hydrogen-bond donors (Lipinski definition) is 2. The summed E-state index contributed by atoms with van der Waals surface area (Å²) in [4.78, 5) is 25.6. The smallest absolute Gasteiger partial charge is 0.406 e. The summed E-state index contributed by atoms with van der Waals surface area (Å²) in [5, 5.41) is 5.26. The lowest BCUT2D eigenvalue weighted by atomic mass is 10.1. The molecule has 1 heterocycles. The number of carbonyl (C=O) groups excluding carboxylic acids is 2. The van der Waals surface area contributed by atoms with Crippen LogP contribution in [0.25, 0.3) is 0 Å². The van der Waals surface area contributed by atoms with Gasteiger partial charge in [-0.2, -0.15) is 0 Å². The average Bonchev–Trinajstić information content (AvgIpc) is 3.01. The van der Waals surface area contributed by atoms with E-state index in [2.05, 4.69) is 15.4 Å². The number of anilines is 1. The molecule has 6 nitrogen and oxygen atoms in total. The van der Waals surface area contributed by atoms with Gasteiger partial charge in [0.25, 0.3) is 0 Å². The fourth-order valence-electron chi connectivity index (χ4n) is 2.72. The van der Waals surface area contributed by atoms with Crippen molar-refractivity contribution >= 4 is 17.6 Å². The predicted octanol–water partition coefficient (Wildman–Crippen LogP) is 3.21. The van der Waals surface area contributed by atoms with Crippen molar-refractivity contribution in [3.8, 4) is 5.75 Å². The number of alkyl halides is 3. The van der Waals surface area contributed by atoms with E-state index in [-0.39, 0.29) is 23.5 Å². The molecule has 1 atom stereocenters. The normalized spacial score (nSPS) is 17.3. The van der Waals surface area contributed by atoms with E-state index in [9.17, 15) is 22.8 Å². The van der Waals surface area contributed by atoms with Gasteiger partial charge in [-0.15, -0.1) is 13.2 Å². The van der Waals surface area contributed by atoms with Gasteiger partial charge in [0.2, 0.25) is 5.91 Å². The number of likely N-dealkylation sites (tertiary alicyclic amines) is 1. The monoisotopic (exact) mass is 373 g/mol. The molecule has 0 radical (unpaired) electrons. The second kappa shape index (κ2) is 8.29. The van der Waals surface area contributed by atoms with E-state index in [1.807, 2.05) is 13.8 Å². The fraction of sp³-hybridized carbons (Fsp3) is 0.529. The molecule has 144 valence electrons. The molecule has 1 saturated heterocycles. The van der Waals surface area contributed by atoms with Crippen LogP contribution in [-0.2, 0) is 4.79 Å². The Labute approximate surface area is 149 Å². The van der Waals surface area contributed by atoms with Gasteiger partial charge < -0.3 is 20.3 Å². The van der Waals surface area contributed by atoms with Crippen molar-refractivity contribution in [3.63, 3.8) is 0 Å². The standard InChI is InChI=1S/C17H22F3N3O3/c1-11(2)15(24)23-8-7-12(10-23)9-21-16(25)22-13-3-5-14(6-4-13)26-17(18,19)20/h3-6,11-12H,7-10H2,1-2H3,(H2,21,22,25). The van der Waals surface area contributed by atoms with Crippen LogP contribution in [0.5, 0.6) is 5.75 Å². The second-order valence-electron chi connectivity index (χ2n) is 6.50. The van der Waals surface area contributed by atoms with E-state index in [1.54, 1.807) is 4.90 Å². The summed E-state index contributed by atoms with van der Waals surface area (Å²) in [7, 11) is 0. The molecule has 0 saturated carbocycles. The molecule has 0 aliphatic carbocycles. The minimum atomic E-state index is -4.75. The van der Waals surface area contributed by atoms with Crippen molar-refractivity contribution in [3.05, 3.63) is 24.3 Å². The number of ether oxygens (including phenoxy) is 1. The van der Waals surface area contributed by atoms with Gasteiger partial charge in [-0.25, -0.2) is 4.79 Å². The van der Waals surface area contributed by atoms with Gasteiger partial charge in [-0.05, 0) is 36.6 Å². The van der Waals surface area contributed by atoms with Gasteiger partial charge in [0.1, 0.15) is 5.75 Å². The summed E-state index contributed by atoms with van der Waals surface area (Å²) in [5.74, 6) is -0.109. The molecule has 1 aromatic carbocycles. The van der Waals surface area contributed by atoms with Crippen LogP contribution in [0.4, 0.5) is 23.7 Å². The van der Waals surface area contributed by atoms with E-state index in [1.165, 1.54) is 12.1 Å². The molecule has 0 spiro atoms. The third-order valence-electron chi connectivity index (χ3n) is 3.99. The minimum absolute atomic E-state index is 0.0469. The van der Waals surface area contributed by atoms with Gasteiger partial charge in [0, 0.05) is 31.2 Å². The molecule has 9 heteroatoms. The first-order valence-corrected chi connectivity index (χ1v) is 8.33. The van der Waals surface area contributed by atoms with Crippen molar-refractivity contribution in [2.24, 2.45) is 11.8 Å².